The number of hydrogen-bond donors (Lipinski definition) is 2. The molecule has 1 amide bonds. The average molecular weight is 427 g/mol. The Bertz CT molecular complexity index is 1310. The van der Waals surface area contributed by atoms with Crippen LogP contribution in [0.25, 0.3) is 16.9 Å². The number of nitrogens with zero attached hydrogens (tertiary/aromatic N) is 3. The van der Waals surface area contributed by atoms with E-state index in [-0.39, 0.29) is 11.5 Å². The monoisotopic (exact) mass is 427 g/mol. The first-order valence-electron chi connectivity index (χ1n) is 9.88. The van der Waals surface area contributed by atoms with Gasteiger partial charge in [-0.2, -0.15) is 5.10 Å². The number of hydrazone groups is 1. The third-order valence-corrected chi connectivity index (χ3v) is 4.91. The summed E-state index contributed by atoms with van der Waals surface area (Å²) in [5.41, 5.74) is 5.45. The molecule has 0 aliphatic rings. The number of methoxy groups -OCH3 is 1. The predicted molar refractivity (Wildman–Crippen MR) is 122 cm³/mol. The number of amides is 1. The first-order valence-corrected chi connectivity index (χ1v) is 9.88. The number of carbonyl (C=O) groups excluding carboxylic acids is 1. The lowest BCUT2D eigenvalue weighted by molar-refractivity contribution is 0.0954. The van der Waals surface area contributed by atoms with Crippen molar-refractivity contribution < 1.29 is 9.53 Å². The fourth-order valence-electron chi connectivity index (χ4n) is 3.26. The van der Waals surface area contributed by atoms with Crippen molar-refractivity contribution in [3.8, 4) is 22.7 Å². The van der Waals surface area contributed by atoms with Crippen molar-refractivity contribution in [2.45, 2.75) is 6.92 Å². The van der Waals surface area contributed by atoms with E-state index in [4.69, 9.17) is 4.74 Å². The molecule has 32 heavy (non-hydrogen) atoms. The SMILES string of the molecule is COc1ccc(-n2[nH]c(-c3ccccc3)c(C(C)=NNC(=O)c3ccncc3)c2=O)cc1. The summed E-state index contributed by atoms with van der Waals surface area (Å²) in [6, 6.07) is 19.8. The Morgan fingerprint density at radius 1 is 1.03 bits per heavy atom. The normalized spacial score (nSPS) is 11.2. The van der Waals surface area contributed by atoms with Gasteiger partial charge in [-0.15, -0.1) is 0 Å². The molecule has 0 aliphatic carbocycles. The van der Waals surface area contributed by atoms with Crippen molar-refractivity contribution in [3.05, 3.63) is 101 Å². The van der Waals surface area contributed by atoms with Crippen LogP contribution in [0, 0.1) is 0 Å². The van der Waals surface area contributed by atoms with Gasteiger partial charge in [-0.1, -0.05) is 30.3 Å². The molecule has 0 aliphatic heterocycles. The standard InChI is InChI=1S/C24H21N5O3/c1-16(26-27-23(30)18-12-14-25-15-13-18)21-22(17-6-4-3-5-7-17)28-29(24(21)31)19-8-10-20(32-2)11-9-19/h3-15,28H,1-2H3,(H,27,30). The van der Waals surface area contributed by atoms with Crippen LogP contribution in [0.2, 0.25) is 0 Å². The van der Waals surface area contributed by atoms with Crippen LogP contribution in [0.15, 0.2) is 89.0 Å². The molecule has 0 radical (unpaired) electrons. The molecule has 0 saturated heterocycles. The smallest absolute Gasteiger partial charge is 0.281 e. The molecule has 0 unspecified atom stereocenters. The van der Waals surface area contributed by atoms with E-state index >= 15 is 0 Å². The minimum absolute atomic E-state index is 0.284. The maximum Gasteiger partial charge on any atom is 0.281 e. The molecule has 8 heteroatoms. The quantitative estimate of drug-likeness (QED) is 0.364. The second kappa shape index (κ2) is 9.13. The highest BCUT2D eigenvalue weighted by Gasteiger charge is 2.19. The summed E-state index contributed by atoms with van der Waals surface area (Å²) in [6.07, 6.45) is 3.05. The fraction of sp³-hybridized carbons (Fsp3) is 0.0833. The van der Waals surface area contributed by atoms with Crippen molar-refractivity contribution in [1.82, 2.24) is 20.2 Å². The number of nitrogens with one attached hydrogen (secondary N) is 2. The van der Waals surface area contributed by atoms with Gasteiger partial charge in [0.1, 0.15) is 5.75 Å². The molecule has 2 N–H and O–H groups in total. The third kappa shape index (κ3) is 4.20. The van der Waals surface area contributed by atoms with Gasteiger partial charge in [-0.3, -0.25) is 19.7 Å². The van der Waals surface area contributed by atoms with Gasteiger partial charge in [-0.05, 0) is 43.3 Å². The minimum Gasteiger partial charge on any atom is -0.497 e. The summed E-state index contributed by atoms with van der Waals surface area (Å²) in [5.74, 6) is 0.299. The van der Waals surface area contributed by atoms with Gasteiger partial charge >= 0.3 is 0 Å². The second-order valence-corrected chi connectivity index (χ2v) is 6.94. The van der Waals surface area contributed by atoms with Gasteiger partial charge in [0.15, 0.2) is 0 Å². The van der Waals surface area contributed by atoms with Gasteiger partial charge in [0.2, 0.25) is 0 Å². The van der Waals surface area contributed by atoms with Crippen molar-refractivity contribution in [2.24, 2.45) is 5.10 Å². The van der Waals surface area contributed by atoms with E-state index in [1.807, 2.05) is 30.3 Å². The van der Waals surface area contributed by atoms with Crippen LogP contribution in [-0.4, -0.2) is 33.5 Å². The maximum atomic E-state index is 13.4. The molecule has 0 saturated carbocycles. The Morgan fingerprint density at radius 2 is 1.72 bits per heavy atom. The van der Waals surface area contributed by atoms with Crippen molar-refractivity contribution >= 4 is 11.6 Å². The Hall–Kier alpha value is -4.46. The highest BCUT2D eigenvalue weighted by Crippen LogP contribution is 2.22. The summed E-state index contributed by atoms with van der Waals surface area (Å²) < 4.78 is 6.65. The van der Waals surface area contributed by atoms with Crippen molar-refractivity contribution in [1.29, 1.82) is 0 Å². The first-order chi connectivity index (χ1) is 15.6. The number of H-pyrrole nitrogens is 1. The molecule has 0 fully saturated rings. The molecule has 2 heterocycles. The maximum absolute atomic E-state index is 13.4. The van der Waals surface area contributed by atoms with Crippen molar-refractivity contribution in [3.63, 3.8) is 0 Å². The van der Waals surface area contributed by atoms with E-state index in [0.717, 1.165) is 5.56 Å². The van der Waals surface area contributed by atoms with E-state index in [1.165, 1.54) is 17.1 Å². The topological polar surface area (TPSA) is 101 Å². The molecule has 0 bridgehead atoms. The lowest BCUT2D eigenvalue weighted by atomic mass is 10.1. The second-order valence-electron chi connectivity index (χ2n) is 6.94. The molecule has 2 aromatic heterocycles. The van der Waals surface area contributed by atoms with Gasteiger partial charge in [0.05, 0.1) is 29.8 Å². The van der Waals surface area contributed by atoms with E-state index in [0.29, 0.717) is 34.0 Å². The average Bonchev–Trinajstić information content (AvgIpc) is 3.20. The number of hydrogen-bond acceptors (Lipinski definition) is 5. The van der Waals surface area contributed by atoms with Crippen LogP contribution < -0.4 is 15.7 Å². The minimum atomic E-state index is -0.390. The highest BCUT2D eigenvalue weighted by atomic mass is 16.5. The Morgan fingerprint density at radius 3 is 2.38 bits per heavy atom. The number of aromatic nitrogens is 3. The Balaban J connectivity index is 1.76. The highest BCUT2D eigenvalue weighted by molar-refractivity contribution is 6.04. The van der Waals surface area contributed by atoms with Gasteiger partial charge in [-0.25, -0.2) is 10.1 Å². The summed E-state index contributed by atoms with van der Waals surface area (Å²) in [6.45, 7) is 1.68. The zero-order valence-corrected chi connectivity index (χ0v) is 17.6. The van der Waals surface area contributed by atoms with Crippen LogP contribution in [-0.2, 0) is 0 Å². The van der Waals surface area contributed by atoms with Gasteiger partial charge in [0, 0.05) is 23.5 Å². The van der Waals surface area contributed by atoms with Crippen LogP contribution in [0.5, 0.6) is 5.75 Å². The molecular formula is C24H21N5O3. The molecule has 2 aromatic carbocycles. The van der Waals surface area contributed by atoms with Gasteiger partial charge in [0.25, 0.3) is 11.5 Å². The van der Waals surface area contributed by atoms with Gasteiger partial charge < -0.3 is 4.74 Å². The number of rotatable bonds is 6. The Labute approximate surface area is 184 Å². The number of aromatic amines is 1. The molecule has 8 nitrogen and oxygen atoms in total. The fourth-order valence-corrected chi connectivity index (χ4v) is 3.26. The number of carbonyl (C=O) groups is 1. The van der Waals surface area contributed by atoms with E-state index < -0.39 is 0 Å². The van der Waals surface area contributed by atoms with Crippen LogP contribution >= 0.6 is 0 Å². The molecule has 0 atom stereocenters. The summed E-state index contributed by atoms with van der Waals surface area (Å²) in [7, 11) is 1.58. The third-order valence-electron chi connectivity index (χ3n) is 4.91. The number of pyridine rings is 1. The zero-order valence-electron chi connectivity index (χ0n) is 17.6. The zero-order chi connectivity index (χ0) is 22.5. The predicted octanol–water partition coefficient (Wildman–Crippen LogP) is 3.39. The Kier molecular flexibility index (Phi) is 5.94. The van der Waals surface area contributed by atoms with E-state index in [1.54, 1.807) is 50.4 Å². The summed E-state index contributed by atoms with van der Waals surface area (Å²) in [4.78, 5) is 29.6. The molecule has 4 aromatic rings. The van der Waals surface area contributed by atoms with E-state index in [9.17, 15) is 9.59 Å². The lowest BCUT2D eigenvalue weighted by Gasteiger charge is -2.04. The molecular weight excluding hydrogens is 406 g/mol. The lowest BCUT2D eigenvalue weighted by Crippen LogP contribution is -2.23. The van der Waals surface area contributed by atoms with Crippen molar-refractivity contribution in [2.75, 3.05) is 7.11 Å². The number of ether oxygens (including phenoxy) is 1. The van der Waals surface area contributed by atoms with Crippen LogP contribution in [0.1, 0.15) is 22.8 Å². The first kappa shape index (κ1) is 20.8. The molecule has 160 valence electrons. The number of benzene rings is 2. The van der Waals surface area contributed by atoms with Crippen LogP contribution in [0.3, 0.4) is 0 Å². The molecule has 4 rings (SSSR count). The molecule has 0 spiro atoms. The van der Waals surface area contributed by atoms with Crippen LogP contribution in [0.4, 0.5) is 0 Å². The summed E-state index contributed by atoms with van der Waals surface area (Å²) in [5, 5.41) is 7.38. The summed E-state index contributed by atoms with van der Waals surface area (Å²) >= 11 is 0. The van der Waals surface area contributed by atoms with E-state index in [2.05, 4.69) is 20.6 Å². The largest absolute Gasteiger partial charge is 0.497 e.